The number of rotatable bonds is 6. The molecule has 0 aromatic heterocycles. The summed E-state index contributed by atoms with van der Waals surface area (Å²) in [7, 11) is 0. The van der Waals surface area contributed by atoms with Crippen molar-refractivity contribution >= 4 is 0 Å². The van der Waals surface area contributed by atoms with Gasteiger partial charge < -0.3 is 4.74 Å². The summed E-state index contributed by atoms with van der Waals surface area (Å²) in [6, 6.07) is 4.91. The van der Waals surface area contributed by atoms with Gasteiger partial charge in [-0.1, -0.05) is 38.0 Å². The highest BCUT2D eigenvalue weighted by Crippen LogP contribution is 2.39. The molecule has 0 saturated heterocycles. The summed E-state index contributed by atoms with van der Waals surface area (Å²) in [6.45, 7) is 3.82. The quantitative estimate of drug-likeness (QED) is 0.289. The smallest absolute Gasteiger partial charge is 0.313 e. The normalized spacial score (nSPS) is 25.8. The molecular weight excluding hydrogens is 459 g/mol. The minimum atomic E-state index is -3.83. The topological polar surface area (TPSA) is 9.23 Å². The van der Waals surface area contributed by atoms with Crippen LogP contribution in [0.3, 0.4) is 0 Å². The second kappa shape index (κ2) is 10.8. The van der Waals surface area contributed by atoms with E-state index in [1.165, 1.54) is 32.6 Å². The number of hydrogen-bond donors (Lipinski definition) is 0. The maximum Gasteiger partial charge on any atom is 0.386 e. The Morgan fingerprint density at radius 1 is 0.771 bits per heavy atom. The highest BCUT2D eigenvalue weighted by molar-refractivity contribution is 5.66. The number of alkyl halides is 2. The first-order chi connectivity index (χ1) is 16.6. The molecule has 0 radical (unpaired) electrons. The van der Waals surface area contributed by atoms with Crippen LogP contribution < -0.4 is 0 Å². The Morgan fingerprint density at radius 3 is 1.86 bits per heavy atom. The second-order valence-corrected chi connectivity index (χ2v) is 10.4. The summed E-state index contributed by atoms with van der Waals surface area (Å²) in [4.78, 5) is 0. The van der Waals surface area contributed by atoms with Crippen molar-refractivity contribution in [3.63, 3.8) is 0 Å². The van der Waals surface area contributed by atoms with E-state index in [4.69, 9.17) is 4.74 Å². The van der Waals surface area contributed by atoms with E-state index in [1.807, 2.05) is 0 Å². The Bertz CT molecular complexity index is 1020. The van der Waals surface area contributed by atoms with Crippen LogP contribution in [-0.4, -0.2) is 6.10 Å². The van der Waals surface area contributed by atoms with Crippen molar-refractivity contribution in [2.24, 2.45) is 17.8 Å². The van der Waals surface area contributed by atoms with Crippen molar-refractivity contribution in [1.29, 1.82) is 0 Å². The van der Waals surface area contributed by atoms with Crippen LogP contribution in [-0.2, 0) is 10.8 Å². The first-order valence-electron chi connectivity index (χ1n) is 12.6. The molecule has 0 N–H and O–H groups in total. The predicted octanol–water partition coefficient (Wildman–Crippen LogP) is 9.09. The zero-order chi connectivity index (χ0) is 25.2. The van der Waals surface area contributed by atoms with Crippen LogP contribution in [0, 0.1) is 42.1 Å². The summed E-state index contributed by atoms with van der Waals surface area (Å²) >= 11 is 0. The monoisotopic (exact) mass is 492 g/mol. The summed E-state index contributed by atoms with van der Waals surface area (Å²) < 4.78 is 77.9. The van der Waals surface area contributed by atoms with Gasteiger partial charge in [-0.2, -0.15) is 8.78 Å². The van der Waals surface area contributed by atoms with Gasteiger partial charge in [-0.15, -0.1) is 0 Å². The van der Waals surface area contributed by atoms with E-state index in [1.54, 1.807) is 0 Å². The number of halogens is 5. The molecule has 2 fully saturated rings. The van der Waals surface area contributed by atoms with Crippen LogP contribution in [0.1, 0.15) is 69.4 Å². The molecule has 0 bridgehead atoms. The fourth-order valence-electron chi connectivity index (χ4n) is 5.35. The van der Waals surface area contributed by atoms with E-state index in [2.05, 4.69) is 19.1 Å². The molecule has 2 saturated carbocycles. The Hall–Kier alpha value is -2.21. The van der Waals surface area contributed by atoms with E-state index in [-0.39, 0.29) is 5.56 Å². The third-order valence-electron chi connectivity index (χ3n) is 7.51. The number of ether oxygens (including phenoxy) is 1. The van der Waals surface area contributed by atoms with Gasteiger partial charge in [0.25, 0.3) is 0 Å². The third kappa shape index (κ3) is 6.32. The molecule has 190 valence electrons. The molecular formula is C29H33F5O. The van der Waals surface area contributed by atoms with Crippen LogP contribution in [0.15, 0.2) is 42.5 Å². The number of benzene rings is 2. The minimum absolute atomic E-state index is 0.142. The van der Waals surface area contributed by atoms with Crippen molar-refractivity contribution in [2.75, 3.05) is 0 Å². The molecule has 0 atom stereocenters. The Labute approximate surface area is 204 Å². The van der Waals surface area contributed by atoms with Gasteiger partial charge in [-0.3, -0.25) is 0 Å². The van der Waals surface area contributed by atoms with Crippen LogP contribution in [0.2, 0.25) is 0 Å². The molecule has 2 aliphatic carbocycles. The maximum atomic E-state index is 14.8. The number of aryl methyl sites for hydroxylation is 1. The zero-order valence-corrected chi connectivity index (χ0v) is 20.3. The largest absolute Gasteiger partial charge is 0.386 e. The molecule has 2 aliphatic rings. The summed E-state index contributed by atoms with van der Waals surface area (Å²) in [5, 5.41) is 0. The van der Waals surface area contributed by atoms with Crippen LogP contribution in [0.4, 0.5) is 22.0 Å². The lowest BCUT2D eigenvalue weighted by molar-refractivity contribution is -0.279. The number of hydrogen-bond acceptors (Lipinski definition) is 1. The van der Waals surface area contributed by atoms with Crippen molar-refractivity contribution in [1.82, 2.24) is 0 Å². The molecule has 2 aromatic carbocycles. The maximum absolute atomic E-state index is 14.8. The Balaban J connectivity index is 1.36. The second-order valence-electron chi connectivity index (χ2n) is 10.4. The highest BCUT2D eigenvalue weighted by Gasteiger charge is 2.39. The molecule has 1 nitrogen and oxygen atoms in total. The Morgan fingerprint density at radius 2 is 1.31 bits per heavy atom. The van der Waals surface area contributed by atoms with Gasteiger partial charge in [-0.25, -0.2) is 13.2 Å². The average Bonchev–Trinajstić information content (AvgIpc) is 2.79. The lowest BCUT2D eigenvalue weighted by atomic mass is 9.81. The van der Waals surface area contributed by atoms with Crippen molar-refractivity contribution in [3.05, 3.63) is 71.1 Å². The Kier molecular flexibility index (Phi) is 7.99. The molecule has 0 spiro atoms. The minimum Gasteiger partial charge on any atom is -0.313 e. The SMILES string of the molecule is Cc1cc(F)c(-c2ccc(C(F)(F)OC3CCC(/C=C/C4CCC(C)CC4)CC3)c(F)c2)c(F)c1. The van der Waals surface area contributed by atoms with Gasteiger partial charge in [0.1, 0.15) is 17.5 Å². The first kappa shape index (κ1) is 25.9. The first-order valence-corrected chi connectivity index (χ1v) is 12.6. The van der Waals surface area contributed by atoms with Crippen LogP contribution in [0.25, 0.3) is 11.1 Å². The fourth-order valence-corrected chi connectivity index (χ4v) is 5.35. The molecule has 0 unspecified atom stereocenters. The van der Waals surface area contributed by atoms with E-state index in [9.17, 15) is 22.0 Å². The van der Waals surface area contributed by atoms with Gasteiger partial charge in [0, 0.05) is 0 Å². The zero-order valence-electron chi connectivity index (χ0n) is 20.3. The van der Waals surface area contributed by atoms with Crippen molar-refractivity contribution < 1.29 is 26.7 Å². The van der Waals surface area contributed by atoms with Gasteiger partial charge in [-0.05, 0) is 98.6 Å². The van der Waals surface area contributed by atoms with Gasteiger partial charge in [0.2, 0.25) is 0 Å². The molecule has 4 rings (SSSR count). The number of allylic oxidation sites excluding steroid dienone is 2. The predicted molar refractivity (Wildman–Crippen MR) is 127 cm³/mol. The molecule has 0 amide bonds. The van der Waals surface area contributed by atoms with E-state index in [0.717, 1.165) is 49.1 Å². The van der Waals surface area contributed by atoms with E-state index >= 15 is 0 Å². The summed E-state index contributed by atoms with van der Waals surface area (Å²) in [6.07, 6.45) is 7.48. The molecule has 0 aliphatic heterocycles. The van der Waals surface area contributed by atoms with Crippen molar-refractivity contribution in [3.8, 4) is 11.1 Å². The lowest BCUT2D eigenvalue weighted by Crippen LogP contribution is -2.30. The molecule has 6 heteroatoms. The van der Waals surface area contributed by atoms with E-state index in [0.29, 0.717) is 30.2 Å². The lowest BCUT2D eigenvalue weighted by Gasteiger charge is -2.31. The fraction of sp³-hybridized carbons (Fsp3) is 0.517. The average molecular weight is 493 g/mol. The van der Waals surface area contributed by atoms with Gasteiger partial charge in [0.15, 0.2) is 0 Å². The van der Waals surface area contributed by atoms with Crippen molar-refractivity contribution in [2.45, 2.75) is 77.4 Å². The summed E-state index contributed by atoms with van der Waals surface area (Å²) in [5.74, 6) is -1.22. The standard InChI is InChI=1S/C29H33F5O/c1-18-3-5-20(6-4-18)7-8-21-9-12-23(13-10-21)35-29(33,34)24-14-11-22(17-25(24)30)28-26(31)15-19(2)16-27(28)32/h7-8,11,14-18,20-21,23H,3-6,9-10,12-13H2,1-2H3/b8-7+. The molecule has 0 heterocycles. The van der Waals surface area contributed by atoms with Crippen LogP contribution in [0.5, 0.6) is 0 Å². The third-order valence-corrected chi connectivity index (χ3v) is 7.51. The highest BCUT2D eigenvalue weighted by atomic mass is 19.3. The molecule has 2 aromatic rings. The summed E-state index contributed by atoms with van der Waals surface area (Å²) in [5.41, 5.74) is -1.14. The van der Waals surface area contributed by atoms with Gasteiger partial charge in [0.05, 0.1) is 17.2 Å². The molecule has 35 heavy (non-hydrogen) atoms. The van der Waals surface area contributed by atoms with Crippen LogP contribution >= 0.6 is 0 Å². The van der Waals surface area contributed by atoms with E-state index < -0.39 is 40.8 Å². The van der Waals surface area contributed by atoms with Gasteiger partial charge >= 0.3 is 6.11 Å².